The molecule has 0 N–H and O–H groups in total. The van der Waals surface area contributed by atoms with Crippen molar-refractivity contribution in [3.63, 3.8) is 0 Å². The third-order valence-corrected chi connectivity index (χ3v) is 7.62. The van der Waals surface area contributed by atoms with Crippen LogP contribution in [-0.4, -0.2) is 38.5 Å². The number of amides is 1. The molecule has 3 fully saturated rings. The van der Waals surface area contributed by atoms with Gasteiger partial charge in [0, 0.05) is 36.5 Å². The minimum atomic E-state index is 0.0913. The highest BCUT2D eigenvalue weighted by Gasteiger charge is 2.26. The minimum Gasteiger partial charge on any atom is -0.337 e. The predicted molar refractivity (Wildman–Crippen MR) is 119 cm³/mol. The van der Waals surface area contributed by atoms with E-state index in [1.807, 2.05) is 15.5 Å². The molecule has 2 saturated carbocycles. The van der Waals surface area contributed by atoms with Gasteiger partial charge in [0.1, 0.15) is 0 Å². The highest BCUT2D eigenvalue weighted by Crippen LogP contribution is 2.35. The van der Waals surface area contributed by atoms with Crippen LogP contribution in [0.1, 0.15) is 111 Å². The fourth-order valence-corrected chi connectivity index (χ4v) is 5.90. The van der Waals surface area contributed by atoms with E-state index in [1.54, 1.807) is 0 Å². The van der Waals surface area contributed by atoms with Gasteiger partial charge in [0.2, 0.25) is 0 Å². The minimum absolute atomic E-state index is 0.0913. The van der Waals surface area contributed by atoms with Gasteiger partial charge in [0.05, 0.1) is 0 Å². The first-order chi connectivity index (χ1) is 14.8. The largest absolute Gasteiger partial charge is 0.337 e. The van der Waals surface area contributed by atoms with Crippen molar-refractivity contribution in [2.45, 2.75) is 95.8 Å². The molecule has 0 atom stereocenters. The maximum absolute atomic E-state index is 13.2. The van der Waals surface area contributed by atoms with Gasteiger partial charge in [-0.3, -0.25) is 4.79 Å². The quantitative estimate of drug-likeness (QED) is 0.669. The molecule has 162 valence electrons. The molecule has 5 nitrogen and oxygen atoms in total. The van der Waals surface area contributed by atoms with E-state index in [9.17, 15) is 4.79 Å². The summed E-state index contributed by atoms with van der Waals surface area (Å²) in [5, 5.41) is 4.81. The molecule has 3 heterocycles. The van der Waals surface area contributed by atoms with Gasteiger partial charge in [-0.05, 0) is 44.1 Å². The van der Waals surface area contributed by atoms with Crippen LogP contribution in [0, 0.1) is 5.92 Å². The van der Waals surface area contributed by atoms with Gasteiger partial charge in [-0.1, -0.05) is 57.8 Å². The molecule has 2 aromatic heterocycles. The summed E-state index contributed by atoms with van der Waals surface area (Å²) in [4.78, 5) is 20.2. The van der Waals surface area contributed by atoms with Crippen molar-refractivity contribution in [2.75, 3.05) is 13.1 Å². The van der Waals surface area contributed by atoms with Crippen molar-refractivity contribution in [1.29, 1.82) is 0 Å². The van der Waals surface area contributed by atoms with Crippen LogP contribution in [0.15, 0.2) is 12.1 Å². The molecule has 2 aromatic rings. The van der Waals surface area contributed by atoms with Crippen LogP contribution < -0.4 is 0 Å². The van der Waals surface area contributed by atoms with E-state index in [0.29, 0.717) is 11.6 Å². The number of hydrogen-bond acceptors (Lipinski definition) is 3. The van der Waals surface area contributed by atoms with Crippen molar-refractivity contribution in [3.05, 3.63) is 29.2 Å². The first-order valence-corrected chi connectivity index (χ1v) is 12.5. The molecule has 3 aliphatic rings. The number of carbonyl (C=O) groups is 1. The van der Waals surface area contributed by atoms with Gasteiger partial charge < -0.3 is 4.90 Å². The first-order valence-electron chi connectivity index (χ1n) is 12.5. The highest BCUT2D eigenvalue weighted by atomic mass is 16.2. The second-order valence-electron chi connectivity index (χ2n) is 9.87. The van der Waals surface area contributed by atoms with Crippen molar-refractivity contribution in [2.24, 2.45) is 5.92 Å². The average Bonchev–Trinajstić information content (AvgIpc) is 3.37. The molecule has 0 aromatic carbocycles. The third kappa shape index (κ3) is 4.26. The van der Waals surface area contributed by atoms with Crippen LogP contribution in [0.5, 0.6) is 0 Å². The second kappa shape index (κ2) is 9.07. The topological polar surface area (TPSA) is 50.5 Å². The molecule has 0 radical (unpaired) electrons. The Labute approximate surface area is 180 Å². The number of fused-ring (bicyclic) bond motifs is 1. The molecule has 5 rings (SSSR count). The fraction of sp³-hybridized carbons (Fsp3) is 0.720. The number of nitrogens with zero attached hydrogens (tertiary/aromatic N) is 4. The van der Waals surface area contributed by atoms with E-state index < -0.39 is 0 Å². The van der Waals surface area contributed by atoms with Crippen molar-refractivity contribution < 1.29 is 4.79 Å². The standard InChI is InChI=1S/C25H36N4O/c30-25(28-14-8-1-2-9-15-28)22-18-24-26-21(16-19-10-4-3-5-11-19)17-23(29(24)27-22)20-12-6-7-13-20/h17-20H,1-16H2. The lowest BCUT2D eigenvalue weighted by Gasteiger charge is -2.22. The molecule has 0 spiro atoms. The fourth-order valence-electron chi connectivity index (χ4n) is 5.90. The number of likely N-dealkylation sites (tertiary alicyclic amines) is 1. The Bertz CT molecular complexity index is 869. The molecular formula is C25H36N4O. The van der Waals surface area contributed by atoms with Crippen molar-refractivity contribution in [1.82, 2.24) is 19.5 Å². The summed E-state index contributed by atoms with van der Waals surface area (Å²) in [7, 11) is 0. The molecule has 2 aliphatic carbocycles. The number of aromatic nitrogens is 3. The zero-order valence-electron chi connectivity index (χ0n) is 18.3. The van der Waals surface area contributed by atoms with E-state index in [1.165, 1.54) is 82.0 Å². The first kappa shape index (κ1) is 20.0. The lowest BCUT2D eigenvalue weighted by molar-refractivity contribution is 0.0755. The van der Waals surface area contributed by atoms with Gasteiger partial charge in [0.15, 0.2) is 11.3 Å². The molecule has 1 aliphatic heterocycles. The monoisotopic (exact) mass is 408 g/mol. The normalized spacial score (nSPS) is 21.9. The Hall–Kier alpha value is -1.91. The van der Waals surface area contributed by atoms with E-state index >= 15 is 0 Å². The molecule has 0 unspecified atom stereocenters. The maximum atomic E-state index is 13.2. The van der Waals surface area contributed by atoms with Crippen LogP contribution >= 0.6 is 0 Å². The van der Waals surface area contributed by atoms with Crippen LogP contribution in [0.25, 0.3) is 5.65 Å². The summed E-state index contributed by atoms with van der Waals surface area (Å²) >= 11 is 0. The molecule has 1 saturated heterocycles. The van der Waals surface area contributed by atoms with E-state index in [-0.39, 0.29) is 5.91 Å². The van der Waals surface area contributed by atoms with Gasteiger partial charge in [-0.25, -0.2) is 9.50 Å². The van der Waals surface area contributed by atoms with Gasteiger partial charge in [-0.15, -0.1) is 0 Å². The third-order valence-electron chi connectivity index (χ3n) is 7.62. The number of rotatable bonds is 4. The Morgan fingerprint density at radius 3 is 2.27 bits per heavy atom. The van der Waals surface area contributed by atoms with Gasteiger partial charge in [-0.2, -0.15) is 5.10 Å². The lowest BCUT2D eigenvalue weighted by Crippen LogP contribution is -2.32. The zero-order chi connectivity index (χ0) is 20.3. The lowest BCUT2D eigenvalue weighted by atomic mass is 9.86. The van der Waals surface area contributed by atoms with Crippen LogP contribution in [-0.2, 0) is 6.42 Å². The summed E-state index contributed by atoms with van der Waals surface area (Å²) in [6.07, 6.45) is 17.6. The number of hydrogen-bond donors (Lipinski definition) is 0. The van der Waals surface area contributed by atoms with E-state index in [2.05, 4.69) is 6.07 Å². The highest BCUT2D eigenvalue weighted by molar-refractivity contribution is 5.93. The Morgan fingerprint density at radius 1 is 0.867 bits per heavy atom. The number of carbonyl (C=O) groups excluding carboxylic acids is 1. The molecule has 30 heavy (non-hydrogen) atoms. The van der Waals surface area contributed by atoms with Crippen LogP contribution in [0.3, 0.4) is 0 Å². The zero-order valence-corrected chi connectivity index (χ0v) is 18.3. The van der Waals surface area contributed by atoms with E-state index in [0.717, 1.165) is 43.9 Å². The molecule has 0 bridgehead atoms. The van der Waals surface area contributed by atoms with Crippen molar-refractivity contribution in [3.8, 4) is 0 Å². The molecular weight excluding hydrogens is 372 g/mol. The van der Waals surface area contributed by atoms with Crippen molar-refractivity contribution >= 4 is 11.6 Å². The smallest absolute Gasteiger partial charge is 0.274 e. The Balaban J connectivity index is 1.46. The van der Waals surface area contributed by atoms with E-state index in [4.69, 9.17) is 10.1 Å². The summed E-state index contributed by atoms with van der Waals surface area (Å²) in [5.74, 6) is 1.42. The van der Waals surface area contributed by atoms with Crippen LogP contribution in [0.2, 0.25) is 0 Å². The van der Waals surface area contributed by atoms with Gasteiger partial charge in [0.25, 0.3) is 5.91 Å². The Morgan fingerprint density at radius 2 is 1.53 bits per heavy atom. The average molecular weight is 409 g/mol. The second-order valence-corrected chi connectivity index (χ2v) is 9.87. The SMILES string of the molecule is O=C(c1cc2nc(CC3CCCCC3)cc(C3CCCC3)n2n1)N1CCCCCC1. The summed E-state index contributed by atoms with van der Waals surface area (Å²) in [6.45, 7) is 1.73. The maximum Gasteiger partial charge on any atom is 0.274 e. The van der Waals surface area contributed by atoms with Crippen LogP contribution in [0.4, 0.5) is 0 Å². The summed E-state index contributed by atoms with van der Waals surface area (Å²) < 4.78 is 2.01. The van der Waals surface area contributed by atoms with Gasteiger partial charge >= 0.3 is 0 Å². The summed E-state index contributed by atoms with van der Waals surface area (Å²) in [6, 6.07) is 4.28. The molecule has 1 amide bonds. The molecule has 5 heteroatoms. The Kier molecular flexibility index (Phi) is 6.05. The summed E-state index contributed by atoms with van der Waals surface area (Å²) in [5.41, 5.74) is 3.96. The predicted octanol–water partition coefficient (Wildman–Crippen LogP) is 5.53.